The molecule has 4 heteroatoms. The molecule has 1 aromatic rings. The van der Waals surface area contributed by atoms with Gasteiger partial charge in [0.25, 0.3) is 0 Å². The molecular formula is C9H9FO3. The maximum atomic E-state index is 13.0. The number of carbonyl (C=O) groups is 1. The molecule has 1 rings (SSSR count). The van der Waals surface area contributed by atoms with Crippen molar-refractivity contribution in [1.82, 2.24) is 0 Å². The molecule has 0 aliphatic heterocycles. The highest BCUT2D eigenvalue weighted by Gasteiger charge is 2.13. The molecule has 0 aromatic heterocycles. The maximum absolute atomic E-state index is 13.0. The normalized spacial score (nSPS) is 9.46. The summed E-state index contributed by atoms with van der Waals surface area (Å²) in [5.41, 5.74) is 0.265. The van der Waals surface area contributed by atoms with E-state index >= 15 is 0 Å². The lowest BCUT2D eigenvalue weighted by Crippen LogP contribution is -1.97. The SMILES string of the molecule is COc1c(F)ccc(C=O)c1OC. The third kappa shape index (κ3) is 1.61. The Hall–Kier alpha value is -1.58. The average Bonchev–Trinajstić information content (AvgIpc) is 2.17. The van der Waals surface area contributed by atoms with Crippen molar-refractivity contribution in [2.24, 2.45) is 0 Å². The monoisotopic (exact) mass is 184 g/mol. The Morgan fingerprint density at radius 1 is 1.23 bits per heavy atom. The van der Waals surface area contributed by atoms with Gasteiger partial charge in [-0.1, -0.05) is 0 Å². The molecule has 3 nitrogen and oxygen atoms in total. The van der Waals surface area contributed by atoms with E-state index in [1.807, 2.05) is 0 Å². The summed E-state index contributed by atoms with van der Waals surface area (Å²) in [7, 11) is 2.67. The highest BCUT2D eigenvalue weighted by atomic mass is 19.1. The molecule has 0 bridgehead atoms. The van der Waals surface area contributed by atoms with Gasteiger partial charge in [0.05, 0.1) is 19.8 Å². The Bertz CT molecular complexity index is 323. The molecule has 1 aromatic carbocycles. The number of halogens is 1. The van der Waals surface area contributed by atoms with E-state index in [-0.39, 0.29) is 17.1 Å². The lowest BCUT2D eigenvalue weighted by atomic mass is 10.2. The van der Waals surface area contributed by atoms with Crippen LogP contribution in [-0.4, -0.2) is 20.5 Å². The van der Waals surface area contributed by atoms with Gasteiger partial charge in [-0.05, 0) is 12.1 Å². The van der Waals surface area contributed by atoms with E-state index in [1.165, 1.54) is 20.3 Å². The highest BCUT2D eigenvalue weighted by Crippen LogP contribution is 2.32. The van der Waals surface area contributed by atoms with Crippen molar-refractivity contribution in [3.05, 3.63) is 23.5 Å². The smallest absolute Gasteiger partial charge is 0.197 e. The first-order valence-corrected chi connectivity index (χ1v) is 3.60. The van der Waals surface area contributed by atoms with Crippen LogP contribution in [0.15, 0.2) is 12.1 Å². The third-order valence-corrected chi connectivity index (χ3v) is 1.63. The predicted octanol–water partition coefficient (Wildman–Crippen LogP) is 1.66. The molecule has 0 radical (unpaired) electrons. The van der Waals surface area contributed by atoms with Crippen LogP contribution in [0.1, 0.15) is 10.4 Å². The van der Waals surface area contributed by atoms with Crippen LogP contribution in [0.3, 0.4) is 0 Å². The Kier molecular flexibility index (Phi) is 2.84. The van der Waals surface area contributed by atoms with Gasteiger partial charge in [0, 0.05) is 0 Å². The molecule has 0 amide bonds. The van der Waals surface area contributed by atoms with E-state index in [2.05, 4.69) is 0 Å². The second-order valence-electron chi connectivity index (χ2n) is 2.32. The van der Waals surface area contributed by atoms with Gasteiger partial charge in [0.1, 0.15) is 0 Å². The number of hydrogen-bond donors (Lipinski definition) is 0. The van der Waals surface area contributed by atoms with E-state index in [9.17, 15) is 9.18 Å². The first kappa shape index (κ1) is 9.51. The number of ether oxygens (including phenoxy) is 2. The summed E-state index contributed by atoms with van der Waals surface area (Å²) < 4.78 is 22.6. The second-order valence-corrected chi connectivity index (χ2v) is 2.32. The van der Waals surface area contributed by atoms with Crippen LogP contribution in [0.25, 0.3) is 0 Å². The highest BCUT2D eigenvalue weighted by molar-refractivity contribution is 5.81. The Balaban J connectivity index is 3.35. The van der Waals surface area contributed by atoms with Gasteiger partial charge in [-0.15, -0.1) is 0 Å². The van der Waals surface area contributed by atoms with Gasteiger partial charge in [-0.25, -0.2) is 4.39 Å². The molecule has 13 heavy (non-hydrogen) atoms. The largest absolute Gasteiger partial charge is 0.492 e. The van der Waals surface area contributed by atoms with Crippen molar-refractivity contribution in [3.63, 3.8) is 0 Å². The van der Waals surface area contributed by atoms with E-state index in [0.29, 0.717) is 6.29 Å². The fourth-order valence-electron chi connectivity index (χ4n) is 1.05. The summed E-state index contributed by atoms with van der Waals surface area (Å²) in [6.45, 7) is 0. The minimum Gasteiger partial charge on any atom is -0.492 e. The van der Waals surface area contributed by atoms with E-state index in [1.54, 1.807) is 0 Å². The molecule has 0 fully saturated rings. The zero-order valence-electron chi connectivity index (χ0n) is 7.33. The topological polar surface area (TPSA) is 35.5 Å². The summed E-state index contributed by atoms with van der Waals surface area (Å²) in [4.78, 5) is 10.5. The van der Waals surface area contributed by atoms with Crippen molar-refractivity contribution in [1.29, 1.82) is 0 Å². The van der Waals surface area contributed by atoms with Gasteiger partial charge in [-0.3, -0.25) is 4.79 Å². The summed E-state index contributed by atoms with van der Waals surface area (Å²) in [5.74, 6) is -0.477. The molecule has 70 valence electrons. The van der Waals surface area contributed by atoms with Crippen molar-refractivity contribution in [3.8, 4) is 11.5 Å². The molecule has 0 atom stereocenters. The van der Waals surface area contributed by atoms with Crippen LogP contribution in [0, 0.1) is 5.82 Å². The molecule has 0 N–H and O–H groups in total. The number of aldehydes is 1. The second kappa shape index (κ2) is 3.89. The van der Waals surface area contributed by atoms with Crippen molar-refractivity contribution < 1.29 is 18.7 Å². The van der Waals surface area contributed by atoms with Gasteiger partial charge < -0.3 is 9.47 Å². The molecule has 0 spiro atoms. The zero-order chi connectivity index (χ0) is 9.84. The quantitative estimate of drug-likeness (QED) is 0.670. The molecule has 0 unspecified atom stereocenters. The van der Waals surface area contributed by atoms with Crippen LogP contribution >= 0.6 is 0 Å². The van der Waals surface area contributed by atoms with E-state index in [0.717, 1.165) is 6.07 Å². The molecule has 0 heterocycles. The molecule has 0 aliphatic rings. The zero-order valence-corrected chi connectivity index (χ0v) is 7.33. The number of rotatable bonds is 3. The first-order valence-electron chi connectivity index (χ1n) is 3.60. The Labute approximate surface area is 75.1 Å². The van der Waals surface area contributed by atoms with Crippen LogP contribution in [-0.2, 0) is 0 Å². The van der Waals surface area contributed by atoms with Crippen LogP contribution in [0.4, 0.5) is 4.39 Å². The average molecular weight is 184 g/mol. The number of methoxy groups -OCH3 is 2. The van der Waals surface area contributed by atoms with Gasteiger partial charge in [0.2, 0.25) is 0 Å². The predicted molar refractivity (Wildman–Crippen MR) is 44.9 cm³/mol. The minimum atomic E-state index is -0.551. The van der Waals surface area contributed by atoms with Crippen LogP contribution in [0.2, 0.25) is 0 Å². The summed E-state index contributed by atoms with van der Waals surface area (Å²) in [5, 5.41) is 0. The fourth-order valence-corrected chi connectivity index (χ4v) is 1.05. The van der Waals surface area contributed by atoms with Crippen molar-refractivity contribution >= 4 is 6.29 Å². The van der Waals surface area contributed by atoms with E-state index < -0.39 is 5.82 Å². The third-order valence-electron chi connectivity index (χ3n) is 1.63. The van der Waals surface area contributed by atoms with Gasteiger partial charge >= 0.3 is 0 Å². The Morgan fingerprint density at radius 3 is 2.31 bits per heavy atom. The van der Waals surface area contributed by atoms with Crippen LogP contribution in [0.5, 0.6) is 11.5 Å². The standard InChI is InChI=1S/C9H9FO3/c1-12-8-6(5-11)3-4-7(10)9(8)13-2/h3-5H,1-2H3. The molecule has 0 aliphatic carbocycles. The lowest BCUT2D eigenvalue weighted by Gasteiger charge is -2.09. The summed E-state index contributed by atoms with van der Waals surface area (Å²) >= 11 is 0. The van der Waals surface area contributed by atoms with Gasteiger partial charge in [0.15, 0.2) is 23.6 Å². The summed E-state index contributed by atoms with van der Waals surface area (Å²) in [6, 6.07) is 2.49. The molecule has 0 saturated heterocycles. The summed E-state index contributed by atoms with van der Waals surface area (Å²) in [6.07, 6.45) is 0.584. The van der Waals surface area contributed by atoms with E-state index in [4.69, 9.17) is 9.47 Å². The maximum Gasteiger partial charge on any atom is 0.197 e. The molecule has 0 saturated carbocycles. The molecular weight excluding hydrogens is 175 g/mol. The van der Waals surface area contributed by atoms with Crippen molar-refractivity contribution in [2.45, 2.75) is 0 Å². The van der Waals surface area contributed by atoms with Crippen LogP contribution < -0.4 is 9.47 Å². The minimum absolute atomic E-state index is 0.0490. The fraction of sp³-hybridized carbons (Fsp3) is 0.222. The number of benzene rings is 1. The van der Waals surface area contributed by atoms with Crippen molar-refractivity contribution in [2.75, 3.05) is 14.2 Å². The first-order chi connectivity index (χ1) is 6.24. The Morgan fingerprint density at radius 2 is 1.85 bits per heavy atom. The number of carbonyl (C=O) groups excluding carboxylic acids is 1. The van der Waals surface area contributed by atoms with Gasteiger partial charge in [-0.2, -0.15) is 0 Å². The number of hydrogen-bond acceptors (Lipinski definition) is 3. The lowest BCUT2D eigenvalue weighted by molar-refractivity contribution is 0.112.